The SMILES string of the molecule is C=C/C=c1/nc(N(c2ccc(-c3ccccc3)cc2)c2ccc3c(c2)C(C)(C)c2ccccc2-3)c2ccccc2/c1=C/C. The summed E-state index contributed by atoms with van der Waals surface area (Å²) in [5.41, 5.74) is 9.75. The van der Waals surface area contributed by atoms with E-state index in [0.717, 1.165) is 33.1 Å². The van der Waals surface area contributed by atoms with Gasteiger partial charge in [0.15, 0.2) is 0 Å². The molecule has 1 heterocycles. The second-order valence-corrected chi connectivity index (χ2v) is 11.6. The maximum absolute atomic E-state index is 5.33. The van der Waals surface area contributed by atoms with Crippen molar-refractivity contribution in [1.29, 1.82) is 0 Å². The number of benzene rings is 5. The van der Waals surface area contributed by atoms with Crippen molar-refractivity contribution in [2.45, 2.75) is 26.2 Å². The second-order valence-electron chi connectivity index (χ2n) is 11.6. The molecule has 0 N–H and O–H groups in total. The van der Waals surface area contributed by atoms with Gasteiger partial charge in [0.05, 0.1) is 5.35 Å². The Labute approximate surface area is 253 Å². The summed E-state index contributed by atoms with van der Waals surface area (Å²) in [5, 5.41) is 4.30. The van der Waals surface area contributed by atoms with Gasteiger partial charge >= 0.3 is 0 Å². The van der Waals surface area contributed by atoms with Gasteiger partial charge in [-0.15, -0.1) is 0 Å². The van der Waals surface area contributed by atoms with Gasteiger partial charge in [0, 0.05) is 27.4 Å². The van der Waals surface area contributed by atoms with E-state index in [1.165, 1.54) is 38.8 Å². The molecule has 0 saturated carbocycles. The Kier molecular flexibility index (Phi) is 6.55. The molecule has 2 heteroatoms. The molecule has 0 fully saturated rings. The minimum absolute atomic E-state index is 0.108. The summed E-state index contributed by atoms with van der Waals surface area (Å²) in [6, 6.07) is 43.6. The molecule has 208 valence electrons. The van der Waals surface area contributed by atoms with E-state index in [9.17, 15) is 0 Å². The quantitative estimate of drug-likeness (QED) is 0.211. The Morgan fingerprint density at radius 2 is 1.28 bits per heavy atom. The summed E-state index contributed by atoms with van der Waals surface area (Å²) in [5.74, 6) is 0.898. The highest BCUT2D eigenvalue weighted by Gasteiger charge is 2.35. The van der Waals surface area contributed by atoms with Crippen LogP contribution in [0.2, 0.25) is 0 Å². The predicted molar refractivity (Wildman–Crippen MR) is 183 cm³/mol. The molecule has 0 atom stereocenters. The van der Waals surface area contributed by atoms with Gasteiger partial charge in [-0.2, -0.15) is 0 Å². The average Bonchev–Trinajstić information content (AvgIpc) is 3.28. The molecule has 0 saturated heterocycles. The molecule has 1 aliphatic rings. The lowest BCUT2D eigenvalue weighted by atomic mass is 9.82. The molecule has 6 aromatic rings. The van der Waals surface area contributed by atoms with Gasteiger partial charge in [-0.25, -0.2) is 4.98 Å². The smallest absolute Gasteiger partial charge is 0.146 e. The number of rotatable bonds is 5. The zero-order valence-corrected chi connectivity index (χ0v) is 24.9. The van der Waals surface area contributed by atoms with Gasteiger partial charge in [0.2, 0.25) is 0 Å². The molecule has 0 bridgehead atoms. The van der Waals surface area contributed by atoms with Crippen molar-refractivity contribution in [3.05, 3.63) is 156 Å². The van der Waals surface area contributed by atoms with E-state index < -0.39 is 0 Å². The Morgan fingerprint density at radius 3 is 2.02 bits per heavy atom. The van der Waals surface area contributed by atoms with Crippen LogP contribution < -0.4 is 15.5 Å². The van der Waals surface area contributed by atoms with Crippen LogP contribution in [0.4, 0.5) is 17.2 Å². The number of aromatic nitrogens is 1. The highest BCUT2D eigenvalue weighted by Crippen LogP contribution is 2.50. The third-order valence-corrected chi connectivity index (χ3v) is 8.79. The van der Waals surface area contributed by atoms with Crippen molar-refractivity contribution in [2.75, 3.05) is 4.90 Å². The number of pyridine rings is 1. The first-order valence-electron chi connectivity index (χ1n) is 14.9. The van der Waals surface area contributed by atoms with E-state index in [1.807, 2.05) is 12.2 Å². The molecule has 1 aromatic heterocycles. The lowest BCUT2D eigenvalue weighted by molar-refractivity contribution is 0.660. The van der Waals surface area contributed by atoms with Gasteiger partial charge in [0.1, 0.15) is 5.82 Å². The van der Waals surface area contributed by atoms with E-state index in [-0.39, 0.29) is 5.41 Å². The highest BCUT2D eigenvalue weighted by molar-refractivity contribution is 5.98. The summed E-state index contributed by atoms with van der Waals surface area (Å²) in [4.78, 5) is 7.65. The van der Waals surface area contributed by atoms with Crippen LogP contribution in [-0.2, 0) is 5.41 Å². The largest absolute Gasteiger partial charge is 0.295 e. The van der Waals surface area contributed by atoms with E-state index in [4.69, 9.17) is 4.98 Å². The van der Waals surface area contributed by atoms with Crippen LogP contribution in [0.1, 0.15) is 31.9 Å². The third kappa shape index (κ3) is 4.38. The zero-order chi connectivity index (χ0) is 29.6. The van der Waals surface area contributed by atoms with Crippen LogP contribution in [0.15, 0.2) is 134 Å². The fourth-order valence-corrected chi connectivity index (χ4v) is 6.66. The first kappa shape index (κ1) is 26.7. The maximum atomic E-state index is 5.33. The fourth-order valence-electron chi connectivity index (χ4n) is 6.66. The minimum Gasteiger partial charge on any atom is -0.295 e. The first-order chi connectivity index (χ1) is 21.0. The normalized spacial score (nSPS) is 14.0. The molecule has 2 nitrogen and oxygen atoms in total. The summed E-state index contributed by atoms with van der Waals surface area (Å²) in [6.45, 7) is 10.7. The summed E-state index contributed by atoms with van der Waals surface area (Å²) >= 11 is 0. The predicted octanol–water partition coefficient (Wildman–Crippen LogP) is 9.44. The van der Waals surface area contributed by atoms with Crippen molar-refractivity contribution in [1.82, 2.24) is 4.98 Å². The van der Waals surface area contributed by atoms with E-state index >= 15 is 0 Å². The molecule has 0 aliphatic heterocycles. The highest BCUT2D eigenvalue weighted by atomic mass is 15.2. The van der Waals surface area contributed by atoms with Crippen LogP contribution in [0, 0.1) is 0 Å². The Balaban J connectivity index is 1.50. The third-order valence-electron chi connectivity index (χ3n) is 8.79. The van der Waals surface area contributed by atoms with E-state index in [1.54, 1.807) is 0 Å². The Morgan fingerprint density at radius 1 is 0.651 bits per heavy atom. The van der Waals surface area contributed by atoms with E-state index in [2.05, 4.69) is 160 Å². The van der Waals surface area contributed by atoms with Crippen molar-refractivity contribution < 1.29 is 0 Å². The molecule has 7 rings (SSSR count). The maximum Gasteiger partial charge on any atom is 0.146 e. The molecule has 1 aliphatic carbocycles. The lowest BCUT2D eigenvalue weighted by Crippen LogP contribution is -2.31. The summed E-state index contributed by atoms with van der Waals surface area (Å²) in [7, 11) is 0. The van der Waals surface area contributed by atoms with Crippen LogP contribution in [-0.4, -0.2) is 4.98 Å². The zero-order valence-electron chi connectivity index (χ0n) is 24.9. The van der Waals surface area contributed by atoms with E-state index in [0.29, 0.717) is 0 Å². The average molecular weight is 555 g/mol. The summed E-state index contributed by atoms with van der Waals surface area (Å²) < 4.78 is 0. The van der Waals surface area contributed by atoms with Gasteiger partial charge in [-0.05, 0) is 76.0 Å². The molecule has 0 radical (unpaired) electrons. The van der Waals surface area contributed by atoms with Crippen LogP contribution in [0.3, 0.4) is 0 Å². The Hall–Kier alpha value is -5.21. The molecular weight excluding hydrogens is 520 g/mol. The van der Waals surface area contributed by atoms with Crippen molar-refractivity contribution in [3.63, 3.8) is 0 Å². The number of nitrogens with zero attached hydrogens (tertiary/aromatic N) is 2. The number of fused-ring (bicyclic) bond motifs is 4. The molecule has 0 amide bonds. The van der Waals surface area contributed by atoms with Crippen molar-refractivity contribution in [3.8, 4) is 22.3 Å². The second kappa shape index (κ2) is 10.6. The molecular formula is C41H34N2. The Bertz CT molecular complexity index is 2120. The number of anilines is 3. The molecule has 0 unspecified atom stereocenters. The topological polar surface area (TPSA) is 16.1 Å². The van der Waals surface area contributed by atoms with Crippen LogP contribution in [0.25, 0.3) is 45.2 Å². The van der Waals surface area contributed by atoms with Crippen molar-refractivity contribution >= 4 is 40.1 Å². The number of hydrogen-bond acceptors (Lipinski definition) is 2. The van der Waals surface area contributed by atoms with Crippen LogP contribution in [0.5, 0.6) is 0 Å². The van der Waals surface area contributed by atoms with Gasteiger partial charge in [0.25, 0.3) is 0 Å². The number of hydrogen-bond donors (Lipinski definition) is 0. The van der Waals surface area contributed by atoms with Gasteiger partial charge in [-0.1, -0.05) is 130 Å². The lowest BCUT2D eigenvalue weighted by Gasteiger charge is -2.28. The van der Waals surface area contributed by atoms with Gasteiger partial charge in [-0.3, -0.25) is 4.90 Å². The first-order valence-corrected chi connectivity index (χ1v) is 14.9. The molecule has 5 aromatic carbocycles. The van der Waals surface area contributed by atoms with Gasteiger partial charge < -0.3 is 0 Å². The fraction of sp³-hybridized carbons (Fsp3) is 0.0976. The van der Waals surface area contributed by atoms with Crippen molar-refractivity contribution in [2.24, 2.45) is 0 Å². The van der Waals surface area contributed by atoms with Crippen LogP contribution >= 0.6 is 0 Å². The molecule has 43 heavy (non-hydrogen) atoms. The number of allylic oxidation sites excluding steroid dienone is 1. The minimum atomic E-state index is -0.108. The monoisotopic (exact) mass is 554 g/mol. The molecule has 0 spiro atoms. The summed E-state index contributed by atoms with van der Waals surface area (Å²) in [6.07, 6.45) is 5.97. The standard InChI is InChI=1S/C41H34N2/c1-5-14-39-32(6-2)33-17-10-11-19-36(33)40(42-39)43(30-23-21-29(22-24-30)28-15-8-7-9-16-28)31-25-26-35-34-18-12-13-20-37(34)41(3,4)38(35)27-31/h5-27H,1H2,2-4H3/b32-6-,39-14+.